The van der Waals surface area contributed by atoms with Crippen molar-refractivity contribution < 1.29 is 9.90 Å². The molecule has 0 heterocycles. The molecule has 0 aromatic heterocycles. The summed E-state index contributed by atoms with van der Waals surface area (Å²) in [6, 6.07) is 0. The zero-order valence-corrected chi connectivity index (χ0v) is 4.96. The first-order valence-electron chi connectivity index (χ1n) is 2.89. The second-order valence-electron chi connectivity index (χ2n) is 1.93. The van der Waals surface area contributed by atoms with Crippen LogP contribution in [0.1, 0.15) is 12.8 Å². The summed E-state index contributed by atoms with van der Waals surface area (Å²) in [6.07, 6.45) is 6.86. The highest BCUT2D eigenvalue weighted by atomic mass is 16.4. The molecular formula is C7H7O2-. The summed E-state index contributed by atoms with van der Waals surface area (Å²) in [6.45, 7) is 0. The molecule has 0 N–H and O–H groups in total. The molecule has 0 radical (unpaired) electrons. The van der Waals surface area contributed by atoms with Crippen molar-refractivity contribution in [2.75, 3.05) is 0 Å². The molecular weight excluding hydrogens is 116 g/mol. The molecule has 2 heteroatoms. The lowest BCUT2D eigenvalue weighted by molar-refractivity contribution is -0.298. The average Bonchev–Trinajstić information content (AvgIpc) is 1.90. The molecule has 0 spiro atoms. The summed E-state index contributed by atoms with van der Waals surface area (Å²) >= 11 is 0. The van der Waals surface area contributed by atoms with E-state index in [1.165, 1.54) is 0 Å². The summed E-state index contributed by atoms with van der Waals surface area (Å²) in [5.41, 5.74) is 0.307. The van der Waals surface area contributed by atoms with Crippen molar-refractivity contribution in [3.8, 4) is 0 Å². The Morgan fingerprint density at radius 1 is 1.56 bits per heavy atom. The number of aliphatic carboxylic acids is 1. The Hall–Kier alpha value is -1.05. The van der Waals surface area contributed by atoms with Crippen LogP contribution in [0.3, 0.4) is 0 Å². The first kappa shape index (κ1) is 6.08. The first-order valence-corrected chi connectivity index (χ1v) is 2.89. The number of carboxylic acids is 1. The van der Waals surface area contributed by atoms with Gasteiger partial charge >= 0.3 is 0 Å². The zero-order chi connectivity index (χ0) is 6.69. The predicted molar refractivity (Wildman–Crippen MR) is 31.5 cm³/mol. The molecule has 0 bridgehead atoms. The average molecular weight is 123 g/mol. The van der Waals surface area contributed by atoms with Gasteiger partial charge < -0.3 is 9.90 Å². The van der Waals surface area contributed by atoms with E-state index in [1.54, 1.807) is 12.2 Å². The summed E-state index contributed by atoms with van der Waals surface area (Å²) in [7, 11) is 0. The van der Waals surface area contributed by atoms with Gasteiger partial charge in [-0.15, -0.1) is 0 Å². The molecule has 0 aromatic carbocycles. The van der Waals surface area contributed by atoms with Crippen LogP contribution < -0.4 is 5.11 Å². The third kappa shape index (κ3) is 1.42. The van der Waals surface area contributed by atoms with E-state index in [0.717, 1.165) is 12.8 Å². The summed E-state index contributed by atoms with van der Waals surface area (Å²) in [5, 5.41) is 10.1. The van der Waals surface area contributed by atoms with Gasteiger partial charge in [0.05, 0.1) is 5.97 Å². The number of rotatable bonds is 1. The Morgan fingerprint density at radius 2 is 2.33 bits per heavy atom. The van der Waals surface area contributed by atoms with Gasteiger partial charge in [-0.25, -0.2) is 0 Å². The SMILES string of the molecule is O=C([O-])C1=CCCC=C1. The van der Waals surface area contributed by atoms with Crippen LogP contribution in [0, 0.1) is 0 Å². The summed E-state index contributed by atoms with van der Waals surface area (Å²) < 4.78 is 0. The maximum absolute atomic E-state index is 10.1. The van der Waals surface area contributed by atoms with E-state index < -0.39 is 5.97 Å². The van der Waals surface area contributed by atoms with Gasteiger partial charge in [0.1, 0.15) is 0 Å². The van der Waals surface area contributed by atoms with Gasteiger partial charge in [0.2, 0.25) is 0 Å². The first-order chi connectivity index (χ1) is 4.30. The fourth-order valence-corrected chi connectivity index (χ4v) is 0.765. The molecule has 1 aliphatic rings. The molecule has 0 aliphatic heterocycles. The molecule has 0 saturated heterocycles. The Balaban J connectivity index is 2.69. The number of carbonyl (C=O) groups excluding carboxylic acids is 1. The third-order valence-electron chi connectivity index (χ3n) is 1.23. The summed E-state index contributed by atoms with van der Waals surface area (Å²) in [5.74, 6) is -1.08. The van der Waals surface area contributed by atoms with E-state index in [0.29, 0.717) is 5.57 Å². The maximum atomic E-state index is 10.1. The standard InChI is InChI=1S/C7H8O2/c8-7(9)6-4-2-1-3-5-6/h2,4-5H,1,3H2,(H,8,9)/p-1. The highest BCUT2D eigenvalue weighted by Gasteiger charge is 1.95. The Morgan fingerprint density at radius 3 is 2.67 bits per heavy atom. The van der Waals surface area contributed by atoms with Gasteiger partial charge in [-0.2, -0.15) is 0 Å². The minimum Gasteiger partial charge on any atom is -0.545 e. The van der Waals surface area contributed by atoms with Crippen molar-refractivity contribution in [1.82, 2.24) is 0 Å². The van der Waals surface area contributed by atoms with Crippen molar-refractivity contribution in [2.24, 2.45) is 0 Å². The van der Waals surface area contributed by atoms with Gasteiger partial charge in [0.25, 0.3) is 0 Å². The van der Waals surface area contributed by atoms with Crippen molar-refractivity contribution in [3.63, 3.8) is 0 Å². The normalized spacial score (nSPS) is 17.1. The molecule has 1 aliphatic carbocycles. The van der Waals surface area contributed by atoms with Crippen molar-refractivity contribution in [3.05, 3.63) is 23.8 Å². The second-order valence-corrected chi connectivity index (χ2v) is 1.93. The molecule has 9 heavy (non-hydrogen) atoms. The molecule has 48 valence electrons. The van der Waals surface area contributed by atoms with Crippen LogP contribution in [0.25, 0.3) is 0 Å². The van der Waals surface area contributed by atoms with E-state index in [-0.39, 0.29) is 0 Å². The van der Waals surface area contributed by atoms with Crippen LogP contribution in [-0.2, 0) is 4.79 Å². The van der Waals surface area contributed by atoms with Crippen molar-refractivity contribution in [1.29, 1.82) is 0 Å². The van der Waals surface area contributed by atoms with Gasteiger partial charge in [0.15, 0.2) is 0 Å². The zero-order valence-electron chi connectivity index (χ0n) is 4.96. The van der Waals surface area contributed by atoms with Gasteiger partial charge in [-0.3, -0.25) is 0 Å². The molecule has 0 amide bonds. The highest BCUT2D eigenvalue weighted by Crippen LogP contribution is 2.07. The fraction of sp³-hybridized carbons (Fsp3) is 0.286. The number of allylic oxidation sites excluding steroid dienone is 2. The quantitative estimate of drug-likeness (QED) is 0.493. The maximum Gasteiger partial charge on any atom is 0.0711 e. The van der Waals surface area contributed by atoms with Crippen LogP contribution in [0.4, 0.5) is 0 Å². The monoisotopic (exact) mass is 123 g/mol. The van der Waals surface area contributed by atoms with E-state index in [1.807, 2.05) is 6.08 Å². The van der Waals surface area contributed by atoms with E-state index in [2.05, 4.69) is 0 Å². The van der Waals surface area contributed by atoms with Gasteiger partial charge in [-0.1, -0.05) is 18.2 Å². The lowest BCUT2D eigenvalue weighted by Gasteiger charge is -2.05. The van der Waals surface area contributed by atoms with E-state index >= 15 is 0 Å². The number of hydrogen-bond donors (Lipinski definition) is 0. The lowest BCUT2D eigenvalue weighted by atomic mass is 10.1. The van der Waals surface area contributed by atoms with E-state index in [4.69, 9.17) is 0 Å². The molecule has 0 fully saturated rings. The topological polar surface area (TPSA) is 40.1 Å². The molecule has 0 saturated carbocycles. The Bertz CT molecular complexity index is 177. The number of hydrogen-bond acceptors (Lipinski definition) is 2. The molecule has 0 atom stereocenters. The highest BCUT2D eigenvalue weighted by molar-refractivity contribution is 5.88. The van der Waals surface area contributed by atoms with Crippen molar-refractivity contribution in [2.45, 2.75) is 12.8 Å². The van der Waals surface area contributed by atoms with Crippen LogP contribution >= 0.6 is 0 Å². The van der Waals surface area contributed by atoms with Crippen LogP contribution in [0.15, 0.2) is 23.8 Å². The summed E-state index contributed by atoms with van der Waals surface area (Å²) in [4.78, 5) is 10.1. The minimum absolute atomic E-state index is 0.307. The van der Waals surface area contributed by atoms with Gasteiger partial charge in [-0.05, 0) is 18.4 Å². The third-order valence-corrected chi connectivity index (χ3v) is 1.23. The largest absolute Gasteiger partial charge is 0.545 e. The Kier molecular flexibility index (Phi) is 1.68. The molecule has 0 unspecified atom stereocenters. The molecule has 2 nitrogen and oxygen atoms in total. The number of carboxylic acid groups (broad SMARTS) is 1. The second kappa shape index (κ2) is 2.49. The lowest BCUT2D eigenvalue weighted by Crippen LogP contribution is -2.23. The van der Waals surface area contributed by atoms with Crippen LogP contribution in [0.5, 0.6) is 0 Å². The fourth-order valence-electron chi connectivity index (χ4n) is 0.765. The van der Waals surface area contributed by atoms with Crippen LogP contribution in [-0.4, -0.2) is 5.97 Å². The molecule has 0 aromatic rings. The molecule has 1 rings (SSSR count). The smallest absolute Gasteiger partial charge is 0.0711 e. The van der Waals surface area contributed by atoms with Crippen LogP contribution in [0.2, 0.25) is 0 Å². The van der Waals surface area contributed by atoms with Crippen molar-refractivity contribution >= 4 is 5.97 Å². The Labute approximate surface area is 53.5 Å². The van der Waals surface area contributed by atoms with E-state index in [9.17, 15) is 9.90 Å². The minimum atomic E-state index is -1.08. The number of carbonyl (C=O) groups is 1. The van der Waals surface area contributed by atoms with Gasteiger partial charge in [0, 0.05) is 0 Å². The predicted octanol–water partition coefficient (Wildman–Crippen LogP) is 0.0127.